The molecule has 0 spiro atoms. The lowest BCUT2D eigenvalue weighted by Crippen LogP contribution is -2.14. The smallest absolute Gasteiger partial charge is 0.227 e. The van der Waals surface area contributed by atoms with Crippen molar-refractivity contribution < 1.29 is 14.3 Å². The summed E-state index contributed by atoms with van der Waals surface area (Å²) in [6, 6.07) is 5.34. The zero-order chi connectivity index (χ0) is 12.4. The number of amides is 1. The van der Waals surface area contributed by atoms with E-state index in [1.807, 2.05) is 0 Å². The zero-order valence-electron chi connectivity index (χ0n) is 10.3. The van der Waals surface area contributed by atoms with E-state index in [0.29, 0.717) is 23.1 Å². The molecule has 1 aromatic rings. The van der Waals surface area contributed by atoms with Crippen LogP contribution in [0.2, 0.25) is 0 Å². The van der Waals surface area contributed by atoms with Crippen molar-refractivity contribution in [1.29, 1.82) is 0 Å². The maximum atomic E-state index is 11.8. The molecule has 1 saturated carbocycles. The summed E-state index contributed by atoms with van der Waals surface area (Å²) in [4.78, 5) is 11.8. The maximum Gasteiger partial charge on any atom is 0.227 e. The second-order valence-corrected chi connectivity index (χ2v) is 4.41. The van der Waals surface area contributed by atoms with Crippen LogP contribution in [-0.4, -0.2) is 20.1 Å². The van der Waals surface area contributed by atoms with Gasteiger partial charge in [-0.2, -0.15) is 0 Å². The molecule has 2 atom stereocenters. The third-order valence-electron chi connectivity index (χ3n) is 3.07. The van der Waals surface area contributed by atoms with Gasteiger partial charge >= 0.3 is 0 Å². The van der Waals surface area contributed by atoms with Gasteiger partial charge in [-0.25, -0.2) is 0 Å². The predicted octanol–water partition coefficient (Wildman–Crippen LogP) is 2.30. The van der Waals surface area contributed by atoms with Crippen LogP contribution in [0.25, 0.3) is 0 Å². The first-order valence-electron chi connectivity index (χ1n) is 5.68. The molecule has 0 unspecified atom stereocenters. The van der Waals surface area contributed by atoms with Gasteiger partial charge in [-0.15, -0.1) is 0 Å². The van der Waals surface area contributed by atoms with Gasteiger partial charge in [0.1, 0.15) is 11.5 Å². The number of carbonyl (C=O) groups excluding carboxylic acids is 1. The first kappa shape index (κ1) is 11.8. The zero-order valence-corrected chi connectivity index (χ0v) is 10.3. The van der Waals surface area contributed by atoms with Crippen LogP contribution in [-0.2, 0) is 4.79 Å². The molecule has 92 valence electrons. The lowest BCUT2D eigenvalue weighted by molar-refractivity contribution is -0.117. The van der Waals surface area contributed by atoms with E-state index in [1.54, 1.807) is 32.4 Å². The molecule has 1 aliphatic carbocycles. The van der Waals surface area contributed by atoms with E-state index in [2.05, 4.69) is 12.2 Å². The van der Waals surface area contributed by atoms with E-state index in [0.717, 1.165) is 6.42 Å². The highest BCUT2D eigenvalue weighted by Gasteiger charge is 2.39. The van der Waals surface area contributed by atoms with Gasteiger partial charge in [-0.05, 0) is 12.3 Å². The van der Waals surface area contributed by atoms with Crippen LogP contribution in [0, 0.1) is 11.8 Å². The van der Waals surface area contributed by atoms with Crippen LogP contribution in [0.4, 0.5) is 5.69 Å². The minimum atomic E-state index is 0.0767. The Balaban J connectivity index is 2.11. The van der Waals surface area contributed by atoms with Crippen LogP contribution in [0.3, 0.4) is 0 Å². The van der Waals surface area contributed by atoms with Gasteiger partial charge in [0.15, 0.2) is 0 Å². The molecule has 1 fully saturated rings. The van der Waals surface area contributed by atoms with Crippen molar-refractivity contribution >= 4 is 11.6 Å². The minimum absolute atomic E-state index is 0.0767. The topological polar surface area (TPSA) is 47.6 Å². The Morgan fingerprint density at radius 3 is 2.18 bits per heavy atom. The fraction of sp³-hybridized carbons (Fsp3) is 0.462. The number of nitrogens with one attached hydrogen (secondary N) is 1. The lowest BCUT2D eigenvalue weighted by atomic mass is 10.2. The highest BCUT2D eigenvalue weighted by Crippen LogP contribution is 2.38. The highest BCUT2D eigenvalue weighted by atomic mass is 16.5. The van der Waals surface area contributed by atoms with E-state index in [4.69, 9.17) is 9.47 Å². The van der Waals surface area contributed by atoms with Gasteiger partial charge in [0.25, 0.3) is 0 Å². The molecule has 2 rings (SSSR count). The van der Waals surface area contributed by atoms with Gasteiger partial charge in [0, 0.05) is 29.8 Å². The van der Waals surface area contributed by atoms with Crippen molar-refractivity contribution in [3.05, 3.63) is 18.2 Å². The Kier molecular flexibility index (Phi) is 3.22. The van der Waals surface area contributed by atoms with Crippen molar-refractivity contribution in [3.8, 4) is 11.5 Å². The van der Waals surface area contributed by atoms with Crippen LogP contribution in [0.15, 0.2) is 18.2 Å². The normalized spacial score (nSPS) is 21.8. The van der Waals surface area contributed by atoms with Crippen LogP contribution < -0.4 is 14.8 Å². The molecule has 17 heavy (non-hydrogen) atoms. The standard InChI is InChI=1S/C13H17NO3/c1-8-4-12(8)13(15)14-9-5-10(16-2)7-11(6-9)17-3/h5-8,12H,4H2,1-3H3,(H,14,15)/t8-,12-/m1/s1. The monoisotopic (exact) mass is 235 g/mol. The summed E-state index contributed by atoms with van der Waals surface area (Å²) in [7, 11) is 3.17. The molecular formula is C13H17NO3. The first-order chi connectivity index (χ1) is 8.13. The molecule has 0 aliphatic heterocycles. The predicted molar refractivity (Wildman–Crippen MR) is 65.4 cm³/mol. The summed E-state index contributed by atoms with van der Waals surface area (Å²) in [5, 5.41) is 2.88. The van der Waals surface area contributed by atoms with Crippen molar-refractivity contribution in [1.82, 2.24) is 0 Å². The number of methoxy groups -OCH3 is 2. The summed E-state index contributed by atoms with van der Waals surface area (Å²) in [6.45, 7) is 2.08. The van der Waals surface area contributed by atoms with E-state index < -0.39 is 0 Å². The number of benzene rings is 1. The summed E-state index contributed by atoms with van der Waals surface area (Å²) < 4.78 is 10.3. The van der Waals surface area contributed by atoms with Gasteiger partial charge in [-0.3, -0.25) is 4.79 Å². The van der Waals surface area contributed by atoms with Crippen molar-refractivity contribution in [2.45, 2.75) is 13.3 Å². The number of rotatable bonds is 4. The number of anilines is 1. The maximum absolute atomic E-state index is 11.8. The van der Waals surface area contributed by atoms with Crippen LogP contribution >= 0.6 is 0 Å². The van der Waals surface area contributed by atoms with E-state index in [-0.39, 0.29) is 11.8 Å². The SMILES string of the molecule is COc1cc(NC(=O)[C@@H]2C[C@H]2C)cc(OC)c1. The Morgan fingerprint density at radius 2 is 1.76 bits per heavy atom. The molecule has 1 amide bonds. The molecule has 1 N–H and O–H groups in total. The molecule has 0 aromatic heterocycles. The van der Waals surface area contributed by atoms with Crippen molar-refractivity contribution in [2.24, 2.45) is 11.8 Å². The number of hydrogen-bond acceptors (Lipinski definition) is 3. The minimum Gasteiger partial charge on any atom is -0.497 e. The molecule has 1 aliphatic rings. The van der Waals surface area contributed by atoms with Crippen LogP contribution in [0.5, 0.6) is 11.5 Å². The van der Waals surface area contributed by atoms with Gasteiger partial charge in [0.2, 0.25) is 5.91 Å². The second kappa shape index (κ2) is 4.65. The van der Waals surface area contributed by atoms with E-state index in [1.165, 1.54) is 0 Å². The Morgan fingerprint density at radius 1 is 1.24 bits per heavy atom. The molecule has 4 heteroatoms. The van der Waals surface area contributed by atoms with E-state index >= 15 is 0 Å². The Labute approximate surface area is 101 Å². The van der Waals surface area contributed by atoms with Crippen molar-refractivity contribution in [3.63, 3.8) is 0 Å². The summed E-state index contributed by atoms with van der Waals surface area (Å²) in [5.74, 6) is 2.08. The van der Waals surface area contributed by atoms with Crippen molar-refractivity contribution in [2.75, 3.05) is 19.5 Å². The molecule has 0 saturated heterocycles. The number of hydrogen-bond donors (Lipinski definition) is 1. The number of ether oxygens (including phenoxy) is 2. The van der Waals surface area contributed by atoms with Crippen LogP contribution in [0.1, 0.15) is 13.3 Å². The van der Waals surface area contributed by atoms with Gasteiger partial charge in [0.05, 0.1) is 14.2 Å². The highest BCUT2D eigenvalue weighted by molar-refractivity contribution is 5.94. The first-order valence-corrected chi connectivity index (χ1v) is 5.68. The molecule has 1 aromatic carbocycles. The van der Waals surface area contributed by atoms with Gasteiger partial charge < -0.3 is 14.8 Å². The molecule has 4 nitrogen and oxygen atoms in total. The fourth-order valence-electron chi connectivity index (χ4n) is 1.80. The average molecular weight is 235 g/mol. The Bertz CT molecular complexity index is 408. The molecule has 0 heterocycles. The third kappa shape index (κ3) is 2.70. The largest absolute Gasteiger partial charge is 0.497 e. The van der Waals surface area contributed by atoms with Gasteiger partial charge in [-0.1, -0.05) is 6.92 Å². The quantitative estimate of drug-likeness (QED) is 0.871. The number of carbonyl (C=O) groups is 1. The van der Waals surface area contributed by atoms with E-state index in [9.17, 15) is 4.79 Å². The summed E-state index contributed by atoms with van der Waals surface area (Å²) in [5.41, 5.74) is 0.713. The lowest BCUT2D eigenvalue weighted by Gasteiger charge is -2.09. The summed E-state index contributed by atoms with van der Waals surface area (Å²) in [6.07, 6.45) is 0.979. The molecule has 0 radical (unpaired) electrons. The average Bonchev–Trinajstić information content (AvgIpc) is 3.06. The fourth-order valence-corrected chi connectivity index (χ4v) is 1.80. The summed E-state index contributed by atoms with van der Waals surface area (Å²) >= 11 is 0. The Hall–Kier alpha value is -1.71. The molecule has 0 bridgehead atoms. The molecular weight excluding hydrogens is 218 g/mol. The third-order valence-corrected chi connectivity index (χ3v) is 3.07. The second-order valence-electron chi connectivity index (χ2n) is 4.41.